The number of carbonyl (C=O) groups excluding carboxylic acids is 2. The van der Waals surface area contributed by atoms with Crippen LogP contribution in [0, 0.1) is 5.92 Å². The number of hydrogen-bond acceptors (Lipinski definition) is 3. The van der Waals surface area contributed by atoms with Gasteiger partial charge in [0.15, 0.2) is 0 Å². The molecule has 0 saturated carbocycles. The lowest BCUT2D eigenvalue weighted by molar-refractivity contribution is -0.146. The van der Waals surface area contributed by atoms with Crippen LogP contribution in [0.1, 0.15) is 23.2 Å². The van der Waals surface area contributed by atoms with E-state index in [4.69, 9.17) is 16.3 Å². The van der Waals surface area contributed by atoms with E-state index in [0.717, 1.165) is 0 Å². The molecule has 0 bridgehead atoms. The molecule has 1 heterocycles. The van der Waals surface area contributed by atoms with Crippen molar-refractivity contribution in [2.75, 3.05) is 20.2 Å². The molecule has 20 heavy (non-hydrogen) atoms. The first-order chi connectivity index (χ1) is 9.52. The molecular weight excluding hydrogens is 346 g/mol. The highest BCUT2D eigenvalue weighted by molar-refractivity contribution is 9.10. The number of halogens is 2. The average Bonchev–Trinajstić information content (AvgIpc) is 2.46. The van der Waals surface area contributed by atoms with Gasteiger partial charge in [0.05, 0.1) is 18.6 Å². The van der Waals surface area contributed by atoms with Crippen molar-refractivity contribution < 1.29 is 14.3 Å². The van der Waals surface area contributed by atoms with E-state index in [0.29, 0.717) is 41.0 Å². The van der Waals surface area contributed by atoms with Gasteiger partial charge in [-0.1, -0.05) is 11.6 Å². The largest absolute Gasteiger partial charge is 0.469 e. The molecule has 1 saturated heterocycles. The number of amides is 1. The number of piperidine rings is 1. The van der Waals surface area contributed by atoms with Crippen molar-refractivity contribution in [3.63, 3.8) is 0 Å². The van der Waals surface area contributed by atoms with Crippen molar-refractivity contribution >= 4 is 39.4 Å². The molecule has 1 aromatic rings. The van der Waals surface area contributed by atoms with Crippen molar-refractivity contribution in [1.29, 1.82) is 0 Å². The number of ether oxygens (including phenoxy) is 1. The van der Waals surface area contributed by atoms with Gasteiger partial charge in [-0.15, -0.1) is 0 Å². The quantitative estimate of drug-likeness (QED) is 0.761. The molecule has 0 aromatic heterocycles. The third-order valence-electron chi connectivity index (χ3n) is 3.48. The summed E-state index contributed by atoms with van der Waals surface area (Å²) in [5, 5.41) is 0.581. The number of hydrogen-bond donors (Lipinski definition) is 0. The van der Waals surface area contributed by atoms with Crippen LogP contribution in [0.25, 0.3) is 0 Å². The minimum atomic E-state index is -0.190. The summed E-state index contributed by atoms with van der Waals surface area (Å²) in [5.41, 5.74) is 0.589. The number of likely N-dealkylation sites (tertiary alicyclic amines) is 1. The zero-order chi connectivity index (χ0) is 14.7. The summed E-state index contributed by atoms with van der Waals surface area (Å²) >= 11 is 9.23. The number of methoxy groups -OCH3 is 1. The van der Waals surface area contributed by atoms with Gasteiger partial charge in [-0.2, -0.15) is 0 Å². The molecule has 4 nitrogen and oxygen atoms in total. The second-order valence-electron chi connectivity index (χ2n) is 4.71. The molecule has 0 aliphatic carbocycles. The predicted octanol–water partition coefficient (Wildman–Crippen LogP) is 3.13. The Balaban J connectivity index is 2.03. The lowest BCUT2D eigenvalue weighted by Crippen LogP contribution is -2.40. The van der Waals surface area contributed by atoms with Crippen LogP contribution in [0.2, 0.25) is 5.02 Å². The summed E-state index contributed by atoms with van der Waals surface area (Å²) in [6.45, 7) is 1.13. The van der Waals surface area contributed by atoms with Gasteiger partial charge in [-0.25, -0.2) is 0 Å². The molecule has 0 spiro atoms. The Hall–Kier alpha value is -1.07. The molecule has 0 radical (unpaired) electrons. The maximum Gasteiger partial charge on any atom is 0.308 e. The average molecular weight is 361 g/mol. The molecule has 1 amide bonds. The second kappa shape index (κ2) is 6.59. The van der Waals surface area contributed by atoms with Crippen molar-refractivity contribution in [2.45, 2.75) is 12.8 Å². The Morgan fingerprint density at radius 2 is 2.00 bits per heavy atom. The first-order valence-corrected chi connectivity index (χ1v) is 7.52. The summed E-state index contributed by atoms with van der Waals surface area (Å²) < 4.78 is 5.42. The van der Waals surface area contributed by atoms with E-state index in [9.17, 15) is 9.59 Å². The Bertz CT molecular complexity index is 527. The fourth-order valence-electron chi connectivity index (χ4n) is 2.32. The molecule has 1 aromatic carbocycles. The smallest absolute Gasteiger partial charge is 0.308 e. The minimum absolute atomic E-state index is 0.0446. The maximum atomic E-state index is 12.4. The highest BCUT2D eigenvalue weighted by atomic mass is 79.9. The van der Waals surface area contributed by atoms with E-state index < -0.39 is 0 Å². The summed E-state index contributed by atoms with van der Waals surface area (Å²) in [4.78, 5) is 25.6. The Morgan fingerprint density at radius 3 is 2.55 bits per heavy atom. The van der Waals surface area contributed by atoms with E-state index in [1.54, 1.807) is 23.1 Å². The molecule has 0 unspecified atom stereocenters. The maximum absolute atomic E-state index is 12.4. The summed E-state index contributed by atoms with van der Waals surface area (Å²) in [5.74, 6) is -0.334. The predicted molar refractivity (Wildman–Crippen MR) is 79.8 cm³/mol. The van der Waals surface area contributed by atoms with Crippen LogP contribution in [0.15, 0.2) is 22.7 Å². The van der Waals surface area contributed by atoms with Crippen LogP contribution in [0.3, 0.4) is 0 Å². The molecule has 0 atom stereocenters. The van der Waals surface area contributed by atoms with Crippen LogP contribution < -0.4 is 0 Å². The molecular formula is C14H15BrClNO3. The van der Waals surface area contributed by atoms with Gasteiger partial charge in [0.25, 0.3) is 5.91 Å². The van der Waals surface area contributed by atoms with Gasteiger partial charge in [-0.05, 0) is 47.0 Å². The first-order valence-electron chi connectivity index (χ1n) is 6.35. The third-order valence-corrected chi connectivity index (χ3v) is 4.37. The molecule has 0 N–H and O–H groups in total. The summed E-state index contributed by atoms with van der Waals surface area (Å²) in [7, 11) is 1.39. The van der Waals surface area contributed by atoms with Crippen molar-refractivity contribution in [1.82, 2.24) is 4.90 Å². The standard InChI is InChI=1S/C14H15BrClNO3/c1-20-14(19)9-4-6-17(7-5-9)13(18)11-3-2-10(16)8-12(11)15/h2-3,8-9H,4-7H2,1H3. The number of carbonyl (C=O) groups is 2. The number of benzene rings is 1. The fraction of sp³-hybridized carbons (Fsp3) is 0.429. The molecule has 2 rings (SSSR count). The zero-order valence-electron chi connectivity index (χ0n) is 11.1. The zero-order valence-corrected chi connectivity index (χ0v) is 13.4. The normalized spacial score (nSPS) is 16.1. The summed E-state index contributed by atoms with van der Waals surface area (Å²) in [6, 6.07) is 5.11. The molecule has 108 valence electrons. The monoisotopic (exact) mass is 359 g/mol. The lowest BCUT2D eigenvalue weighted by atomic mass is 9.96. The van der Waals surface area contributed by atoms with Crippen molar-refractivity contribution in [2.24, 2.45) is 5.92 Å². The van der Waals surface area contributed by atoms with Gasteiger partial charge in [0, 0.05) is 22.6 Å². The van der Waals surface area contributed by atoms with Crippen LogP contribution >= 0.6 is 27.5 Å². The Labute approximate surface area is 131 Å². The van der Waals surface area contributed by atoms with Crippen LogP contribution in [-0.4, -0.2) is 37.0 Å². The topological polar surface area (TPSA) is 46.6 Å². The number of nitrogens with zero attached hydrogens (tertiary/aromatic N) is 1. The highest BCUT2D eigenvalue weighted by Crippen LogP contribution is 2.25. The van der Waals surface area contributed by atoms with Crippen LogP contribution in [-0.2, 0) is 9.53 Å². The van der Waals surface area contributed by atoms with Crippen LogP contribution in [0.4, 0.5) is 0 Å². The first kappa shape index (κ1) is 15.3. The Kier molecular flexibility index (Phi) is 5.05. The number of rotatable bonds is 2. The molecule has 6 heteroatoms. The SMILES string of the molecule is COC(=O)C1CCN(C(=O)c2ccc(Cl)cc2Br)CC1. The van der Waals surface area contributed by atoms with Crippen molar-refractivity contribution in [3.8, 4) is 0 Å². The van der Waals surface area contributed by atoms with E-state index in [1.807, 2.05) is 0 Å². The lowest BCUT2D eigenvalue weighted by Gasteiger charge is -2.31. The van der Waals surface area contributed by atoms with Gasteiger partial charge in [0.2, 0.25) is 0 Å². The van der Waals surface area contributed by atoms with E-state index >= 15 is 0 Å². The van der Waals surface area contributed by atoms with E-state index in [2.05, 4.69) is 15.9 Å². The van der Waals surface area contributed by atoms with Crippen molar-refractivity contribution in [3.05, 3.63) is 33.3 Å². The fourth-order valence-corrected chi connectivity index (χ4v) is 3.17. The number of esters is 1. The van der Waals surface area contributed by atoms with Crippen LogP contribution in [0.5, 0.6) is 0 Å². The van der Waals surface area contributed by atoms with Gasteiger partial charge >= 0.3 is 5.97 Å². The molecule has 1 aliphatic heterocycles. The van der Waals surface area contributed by atoms with Gasteiger partial charge in [-0.3, -0.25) is 9.59 Å². The van der Waals surface area contributed by atoms with Gasteiger partial charge < -0.3 is 9.64 Å². The highest BCUT2D eigenvalue weighted by Gasteiger charge is 2.28. The minimum Gasteiger partial charge on any atom is -0.469 e. The third kappa shape index (κ3) is 3.33. The van der Waals surface area contributed by atoms with Gasteiger partial charge in [0.1, 0.15) is 0 Å². The molecule has 1 aliphatic rings. The molecule has 1 fully saturated rings. The Morgan fingerprint density at radius 1 is 1.35 bits per heavy atom. The second-order valence-corrected chi connectivity index (χ2v) is 6.00. The van der Waals surface area contributed by atoms with E-state index in [1.165, 1.54) is 7.11 Å². The summed E-state index contributed by atoms with van der Waals surface area (Å²) in [6.07, 6.45) is 1.28. The van der Waals surface area contributed by atoms with E-state index in [-0.39, 0.29) is 17.8 Å².